The SMILES string of the molecule is O=C(Nc1ccc(CNC(=O)C2CCCCN2)cc1)c1ccc(F)cc1. The fourth-order valence-corrected chi connectivity index (χ4v) is 2.90. The van der Waals surface area contributed by atoms with Gasteiger partial charge < -0.3 is 16.0 Å². The Hall–Kier alpha value is -2.73. The van der Waals surface area contributed by atoms with Crippen LogP contribution in [-0.2, 0) is 11.3 Å². The number of carbonyl (C=O) groups excluding carboxylic acids is 2. The first kappa shape index (κ1) is 18.1. The number of nitrogens with one attached hydrogen (secondary N) is 3. The van der Waals surface area contributed by atoms with Crippen LogP contribution in [0.4, 0.5) is 10.1 Å². The zero-order valence-electron chi connectivity index (χ0n) is 14.4. The summed E-state index contributed by atoms with van der Waals surface area (Å²) in [6.07, 6.45) is 3.07. The largest absolute Gasteiger partial charge is 0.351 e. The van der Waals surface area contributed by atoms with E-state index in [1.807, 2.05) is 12.1 Å². The van der Waals surface area contributed by atoms with Crippen molar-refractivity contribution in [3.63, 3.8) is 0 Å². The van der Waals surface area contributed by atoms with Gasteiger partial charge >= 0.3 is 0 Å². The molecule has 0 saturated carbocycles. The van der Waals surface area contributed by atoms with Gasteiger partial charge in [-0.05, 0) is 61.3 Å². The van der Waals surface area contributed by atoms with Gasteiger partial charge in [0.2, 0.25) is 5.91 Å². The van der Waals surface area contributed by atoms with Crippen LogP contribution in [0.15, 0.2) is 48.5 Å². The number of hydrogen-bond donors (Lipinski definition) is 3. The Labute approximate surface area is 152 Å². The van der Waals surface area contributed by atoms with Crippen LogP contribution in [0.1, 0.15) is 35.2 Å². The molecule has 1 heterocycles. The highest BCUT2D eigenvalue weighted by molar-refractivity contribution is 6.04. The summed E-state index contributed by atoms with van der Waals surface area (Å²) in [5, 5.41) is 8.92. The maximum atomic E-state index is 12.9. The van der Waals surface area contributed by atoms with Crippen LogP contribution >= 0.6 is 0 Å². The molecular formula is C20H22FN3O2. The van der Waals surface area contributed by atoms with Crippen molar-refractivity contribution in [2.75, 3.05) is 11.9 Å². The lowest BCUT2D eigenvalue weighted by atomic mass is 10.0. The first-order valence-corrected chi connectivity index (χ1v) is 8.79. The van der Waals surface area contributed by atoms with E-state index in [9.17, 15) is 14.0 Å². The fourth-order valence-electron chi connectivity index (χ4n) is 2.90. The van der Waals surface area contributed by atoms with Crippen LogP contribution in [0, 0.1) is 5.82 Å². The summed E-state index contributed by atoms with van der Waals surface area (Å²) in [5.41, 5.74) is 1.99. The van der Waals surface area contributed by atoms with Crippen molar-refractivity contribution in [3.05, 3.63) is 65.5 Å². The molecule has 0 spiro atoms. The molecule has 1 atom stereocenters. The van der Waals surface area contributed by atoms with Crippen molar-refractivity contribution < 1.29 is 14.0 Å². The van der Waals surface area contributed by atoms with E-state index in [4.69, 9.17) is 0 Å². The van der Waals surface area contributed by atoms with Gasteiger partial charge in [-0.2, -0.15) is 0 Å². The third-order valence-electron chi connectivity index (χ3n) is 4.41. The normalized spacial score (nSPS) is 16.7. The van der Waals surface area contributed by atoms with E-state index >= 15 is 0 Å². The van der Waals surface area contributed by atoms with Crippen LogP contribution in [0.2, 0.25) is 0 Å². The quantitative estimate of drug-likeness (QED) is 0.772. The molecule has 6 heteroatoms. The third-order valence-corrected chi connectivity index (χ3v) is 4.41. The highest BCUT2D eigenvalue weighted by Gasteiger charge is 2.19. The van der Waals surface area contributed by atoms with Crippen LogP contribution < -0.4 is 16.0 Å². The molecule has 1 saturated heterocycles. The highest BCUT2D eigenvalue weighted by atomic mass is 19.1. The van der Waals surface area contributed by atoms with Gasteiger partial charge in [-0.3, -0.25) is 9.59 Å². The Bertz CT molecular complexity index is 754. The van der Waals surface area contributed by atoms with E-state index < -0.39 is 0 Å². The minimum Gasteiger partial charge on any atom is -0.351 e. The van der Waals surface area contributed by atoms with Crippen molar-refractivity contribution in [3.8, 4) is 0 Å². The molecule has 3 rings (SSSR count). The zero-order chi connectivity index (χ0) is 18.4. The predicted molar refractivity (Wildman–Crippen MR) is 98.3 cm³/mol. The molecule has 0 radical (unpaired) electrons. The Balaban J connectivity index is 1.50. The molecule has 1 fully saturated rings. The van der Waals surface area contributed by atoms with E-state index in [0.717, 1.165) is 31.4 Å². The molecule has 26 heavy (non-hydrogen) atoms. The molecule has 2 aromatic rings. The number of rotatable bonds is 5. The molecule has 2 amide bonds. The lowest BCUT2D eigenvalue weighted by Gasteiger charge is -2.22. The predicted octanol–water partition coefficient (Wildman–Crippen LogP) is 2.84. The van der Waals surface area contributed by atoms with Crippen LogP contribution in [0.25, 0.3) is 0 Å². The Kier molecular flexibility index (Phi) is 5.96. The Morgan fingerprint density at radius 1 is 1.04 bits per heavy atom. The molecule has 0 aromatic heterocycles. The minimum absolute atomic E-state index is 0.0263. The van der Waals surface area contributed by atoms with Gasteiger partial charge in [0.05, 0.1) is 6.04 Å². The molecule has 1 unspecified atom stereocenters. The number of anilines is 1. The summed E-state index contributed by atoms with van der Waals surface area (Å²) in [6, 6.07) is 12.6. The van der Waals surface area contributed by atoms with Crippen molar-refractivity contribution in [2.24, 2.45) is 0 Å². The smallest absolute Gasteiger partial charge is 0.255 e. The molecule has 1 aliphatic heterocycles. The second kappa shape index (κ2) is 8.58. The summed E-state index contributed by atoms with van der Waals surface area (Å²) >= 11 is 0. The summed E-state index contributed by atoms with van der Waals surface area (Å²) in [6.45, 7) is 1.34. The van der Waals surface area contributed by atoms with Gasteiger partial charge in [-0.1, -0.05) is 18.6 Å². The highest BCUT2D eigenvalue weighted by Crippen LogP contribution is 2.12. The van der Waals surface area contributed by atoms with E-state index in [1.165, 1.54) is 24.3 Å². The third kappa shape index (κ3) is 4.89. The Morgan fingerprint density at radius 2 is 1.77 bits per heavy atom. The molecule has 5 nitrogen and oxygen atoms in total. The maximum Gasteiger partial charge on any atom is 0.255 e. The number of hydrogen-bond acceptors (Lipinski definition) is 3. The zero-order valence-corrected chi connectivity index (χ0v) is 14.4. The molecular weight excluding hydrogens is 333 g/mol. The molecule has 0 aliphatic carbocycles. The van der Waals surface area contributed by atoms with Gasteiger partial charge in [0.1, 0.15) is 5.82 Å². The summed E-state index contributed by atoms with van der Waals surface area (Å²) in [7, 11) is 0. The maximum absolute atomic E-state index is 12.9. The first-order valence-electron chi connectivity index (χ1n) is 8.79. The summed E-state index contributed by atoms with van der Waals surface area (Å²) in [5.74, 6) is -0.649. The van der Waals surface area contributed by atoms with Gasteiger partial charge in [0.15, 0.2) is 0 Å². The van der Waals surface area contributed by atoms with E-state index in [0.29, 0.717) is 17.8 Å². The number of benzene rings is 2. The lowest BCUT2D eigenvalue weighted by molar-refractivity contribution is -0.123. The van der Waals surface area contributed by atoms with E-state index in [2.05, 4.69) is 16.0 Å². The van der Waals surface area contributed by atoms with Gasteiger partial charge in [-0.25, -0.2) is 4.39 Å². The molecule has 1 aliphatic rings. The second-order valence-electron chi connectivity index (χ2n) is 6.38. The standard InChI is InChI=1S/C20H22FN3O2/c21-16-8-6-15(7-9-16)19(25)24-17-10-4-14(5-11-17)13-23-20(26)18-3-1-2-12-22-18/h4-11,18,22H,1-3,12-13H2,(H,23,26)(H,24,25). The average Bonchev–Trinajstić information content (AvgIpc) is 2.68. The topological polar surface area (TPSA) is 70.2 Å². The van der Waals surface area contributed by atoms with Crippen molar-refractivity contribution in [2.45, 2.75) is 31.8 Å². The van der Waals surface area contributed by atoms with E-state index in [-0.39, 0.29) is 23.7 Å². The first-order chi connectivity index (χ1) is 12.6. The fraction of sp³-hybridized carbons (Fsp3) is 0.300. The Morgan fingerprint density at radius 3 is 2.42 bits per heavy atom. The van der Waals surface area contributed by atoms with Crippen molar-refractivity contribution in [1.82, 2.24) is 10.6 Å². The van der Waals surface area contributed by atoms with Gasteiger partial charge in [0.25, 0.3) is 5.91 Å². The summed E-state index contributed by atoms with van der Waals surface area (Å²) in [4.78, 5) is 24.2. The van der Waals surface area contributed by atoms with Gasteiger partial charge in [0, 0.05) is 17.8 Å². The molecule has 0 bridgehead atoms. The lowest BCUT2D eigenvalue weighted by Crippen LogP contribution is -2.46. The summed E-state index contributed by atoms with van der Waals surface area (Å²) < 4.78 is 12.9. The number of carbonyl (C=O) groups is 2. The number of halogens is 1. The van der Waals surface area contributed by atoms with Gasteiger partial charge in [-0.15, -0.1) is 0 Å². The van der Waals surface area contributed by atoms with Crippen LogP contribution in [0.5, 0.6) is 0 Å². The van der Waals surface area contributed by atoms with Crippen molar-refractivity contribution in [1.29, 1.82) is 0 Å². The monoisotopic (exact) mass is 355 g/mol. The van der Waals surface area contributed by atoms with Crippen molar-refractivity contribution >= 4 is 17.5 Å². The average molecular weight is 355 g/mol. The number of amides is 2. The molecule has 2 aromatic carbocycles. The van der Waals surface area contributed by atoms with Crippen LogP contribution in [0.3, 0.4) is 0 Å². The second-order valence-corrected chi connectivity index (χ2v) is 6.38. The minimum atomic E-state index is -0.378. The van der Waals surface area contributed by atoms with Crippen LogP contribution in [-0.4, -0.2) is 24.4 Å². The van der Waals surface area contributed by atoms with E-state index in [1.54, 1.807) is 12.1 Å². The number of piperidine rings is 1. The molecule has 3 N–H and O–H groups in total. The molecule has 136 valence electrons.